The van der Waals surface area contributed by atoms with Crippen LogP contribution in [0.5, 0.6) is 5.75 Å². The molecule has 0 unspecified atom stereocenters. The highest BCUT2D eigenvalue weighted by Crippen LogP contribution is 2.32. The molecule has 1 aromatic heterocycles. The molecule has 2 aliphatic rings. The van der Waals surface area contributed by atoms with Crippen LogP contribution in [-0.4, -0.2) is 62.4 Å². The summed E-state index contributed by atoms with van der Waals surface area (Å²) in [6.45, 7) is 6.23. The third-order valence-corrected chi connectivity index (χ3v) is 5.96. The molecule has 1 aromatic carbocycles. The predicted molar refractivity (Wildman–Crippen MR) is 93.8 cm³/mol. The lowest BCUT2D eigenvalue weighted by molar-refractivity contribution is 0.0321. The van der Waals surface area contributed by atoms with Crippen molar-refractivity contribution in [2.75, 3.05) is 51.4 Å². The summed E-state index contributed by atoms with van der Waals surface area (Å²) in [5.74, 6) is 0.900. The molecule has 0 atom stereocenters. The van der Waals surface area contributed by atoms with Gasteiger partial charge in [-0.2, -0.15) is 0 Å². The number of piperazine rings is 1. The van der Waals surface area contributed by atoms with E-state index in [4.69, 9.17) is 14.5 Å². The van der Waals surface area contributed by atoms with Crippen molar-refractivity contribution < 1.29 is 9.47 Å². The van der Waals surface area contributed by atoms with Crippen LogP contribution in [0.2, 0.25) is 0 Å². The Hall–Kier alpha value is -1.37. The summed E-state index contributed by atoms with van der Waals surface area (Å²) in [6, 6.07) is 6.82. The zero-order chi connectivity index (χ0) is 15.6. The average Bonchev–Trinajstić information content (AvgIpc) is 3.05. The SMILES string of the molecule is COc1ccc2nc(N3CCN(C4CCOCC4)CC3)sc2c1. The number of hydrogen-bond acceptors (Lipinski definition) is 6. The van der Waals surface area contributed by atoms with Gasteiger partial charge in [-0.05, 0) is 31.0 Å². The van der Waals surface area contributed by atoms with Crippen LogP contribution in [0.25, 0.3) is 10.2 Å². The highest BCUT2D eigenvalue weighted by atomic mass is 32.1. The number of hydrogen-bond donors (Lipinski definition) is 0. The third kappa shape index (κ3) is 3.16. The first-order chi connectivity index (χ1) is 11.3. The van der Waals surface area contributed by atoms with E-state index < -0.39 is 0 Å². The second-order valence-corrected chi connectivity index (χ2v) is 7.21. The second-order valence-electron chi connectivity index (χ2n) is 6.20. The molecule has 2 fully saturated rings. The topological polar surface area (TPSA) is 37.8 Å². The van der Waals surface area contributed by atoms with E-state index in [9.17, 15) is 0 Å². The molecular formula is C17H23N3O2S. The Balaban J connectivity index is 1.43. The summed E-state index contributed by atoms with van der Waals surface area (Å²) in [6.07, 6.45) is 2.36. The minimum Gasteiger partial charge on any atom is -0.497 e. The smallest absolute Gasteiger partial charge is 0.186 e. The van der Waals surface area contributed by atoms with Crippen molar-refractivity contribution in [2.45, 2.75) is 18.9 Å². The molecule has 4 rings (SSSR count). The molecule has 0 radical (unpaired) electrons. The van der Waals surface area contributed by atoms with Gasteiger partial charge in [0.2, 0.25) is 0 Å². The number of fused-ring (bicyclic) bond motifs is 1. The van der Waals surface area contributed by atoms with Crippen molar-refractivity contribution in [3.63, 3.8) is 0 Å². The summed E-state index contributed by atoms with van der Waals surface area (Å²) in [5.41, 5.74) is 1.07. The van der Waals surface area contributed by atoms with Gasteiger partial charge in [-0.3, -0.25) is 4.90 Å². The molecule has 0 aliphatic carbocycles. The standard InChI is InChI=1S/C17H23N3O2S/c1-21-14-2-3-15-16(12-14)23-17(18-15)20-8-6-19(7-9-20)13-4-10-22-11-5-13/h2-3,12-13H,4-11H2,1H3. The molecule has 23 heavy (non-hydrogen) atoms. The fourth-order valence-corrected chi connectivity index (χ4v) is 4.53. The first-order valence-corrected chi connectivity index (χ1v) is 9.16. The molecule has 0 spiro atoms. The number of aromatic nitrogens is 1. The maximum atomic E-state index is 5.48. The number of rotatable bonds is 3. The summed E-state index contributed by atoms with van der Waals surface area (Å²) < 4.78 is 12.0. The van der Waals surface area contributed by atoms with Crippen LogP contribution in [0.15, 0.2) is 18.2 Å². The van der Waals surface area contributed by atoms with Gasteiger partial charge in [0.15, 0.2) is 5.13 Å². The van der Waals surface area contributed by atoms with E-state index in [1.807, 2.05) is 12.1 Å². The second kappa shape index (κ2) is 6.63. The Labute approximate surface area is 140 Å². The zero-order valence-corrected chi connectivity index (χ0v) is 14.3. The molecule has 3 heterocycles. The molecule has 0 saturated carbocycles. The molecule has 0 N–H and O–H groups in total. The predicted octanol–water partition coefficient (Wildman–Crippen LogP) is 2.61. The van der Waals surface area contributed by atoms with Crippen LogP contribution >= 0.6 is 11.3 Å². The number of nitrogens with zero attached hydrogens (tertiary/aromatic N) is 3. The number of thiazole rings is 1. The summed E-state index contributed by atoms with van der Waals surface area (Å²) in [4.78, 5) is 9.86. The van der Waals surface area contributed by atoms with E-state index >= 15 is 0 Å². The highest BCUT2D eigenvalue weighted by molar-refractivity contribution is 7.22. The normalized spacial score (nSPS) is 21.0. The van der Waals surface area contributed by atoms with E-state index in [1.165, 1.54) is 17.5 Å². The van der Waals surface area contributed by atoms with E-state index in [1.54, 1.807) is 18.4 Å². The molecule has 6 heteroatoms. The van der Waals surface area contributed by atoms with Crippen molar-refractivity contribution in [1.82, 2.24) is 9.88 Å². The van der Waals surface area contributed by atoms with Crippen molar-refractivity contribution >= 4 is 26.7 Å². The van der Waals surface area contributed by atoms with Crippen LogP contribution in [0.4, 0.5) is 5.13 Å². The molecule has 2 aliphatic heterocycles. The van der Waals surface area contributed by atoms with Gasteiger partial charge in [0.25, 0.3) is 0 Å². The fraction of sp³-hybridized carbons (Fsp3) is 0.588. The Bertz CT molecular complexity index is 661. The fourth-order valence-electron chi connectivity index (χ4n) is 3.48. The quantitative estimate of drug-likeness (QED) is 0.863. The van der Waals surface area contributed by atoms with Crippen molar-refractivity contribution in [1.29, 1.82) is 0 Å². The summed E-state index contributed by atoms with van der Waals surface area (Å²) in [5, 5.41) is 1.14. The van der Waals surface area contributed by atoms with Crippen molar-refractivity contribution in [3.05, 3.63) is 18.2 Å². The lowest BCUT2D eigenvalue weighted by Gasteiger charge is -2.40. The third-order valence-electron chi connectivity index (χ3n) is 4.88. The number of anilines is 1. The first kappa shape index (κ1) is 15.2. The van der Waals surface area contributed by atoms with Gasteiger partial charge >= 0.3 is 0 Å². The number of ether oxygens (including phenoxy) is 2. The van der Waals surface area contributed by atoms with E-state index in [2.05, 4.69) is 15.9 Å². The van der Waals surface area contributed by atoms with E-state index in [0.717, 1.165) is 55.8 Å². The maximum Gasteiger partial charge on any atom is 0.186 e. The molecule has 5 nitrogen and oxygen atoms in total. The van der Waals surface area contributed by atoms with Gasteiger partial charge in [0, 0.05) is 45.4 Å². The summed E-state index contributed by atoms with van der Waals surface area (Å²) >= 11 is 1.77. The van der Waals surface area contributed by atoms with Gasteiger partial charge in [0.05, 0.1) is 17.3 Å². The maximum absolute atomic E-state index is 5.48. The largest absolute Gasteiger partial charge is 0.497 e. The first-order valence-electron chi connectivity index (χ1n) is 8.35. The van der Waals surface area contributed by atoms with Gasteiger partial charge in [-0.15, -0.1) is 0 Å². The minimum atomic E-state index is 0.713. The van der Waals surface area contributed by atoms with Gasteiger partial charge < -0.3 is 14.4 Å². The number of methoxy groups -OCH3 is 1. The minimum absolute atomic E-state index is 0.713. The molecule has 2 aromatic rings. The Morgan fingerprint density at radius 1 is 1.17 bits per heavy atom. The van der Waals surface area contributed by atoms with Gasteiger partial charge in [0.1, 0.15) is 5.75 Å². The Morgan fingerprint density at radius 2 is 1.96 bits per heavy atom. The lowest BCUT2D eigenvalue weighted by Crippen LogP contribution is -2.51. The van der Waals surface area contributed by atoms with E-state index in [0.29, 0.717) is 6.04 Å². The number of benzene rings is 1. The molecule has 0 amide bonds. The van der Waals surface area contributed by atoms with Gasteiger partial charge in [-0.25, -0.2) is 4.98 Å². The van der Waals surface area contributed by atoms with Crippen LogP contribution < -0.4 is 9.64 Å². The molecule has 2 saturated heterocycles. The highest BCUT2D eigenvalue weighted by Gasteiger charge is 2.26. The monoisotopic (exact) mass is 333 g/mol. The molecular weight excluding hydrogens is 310 g/mol. The van der Waals surface area contributed by atoms with Crippen molar-refractivity contribution in [3.8, 4) is 5.75 Å². The van der Waals surface area contributed by atoms with Crippen LogP contribution in [0.3, 0.4) is 0 Å². The van der Waals surface area contributed by atoms with Crippen LogP contribution in [0, 0.1) is 0 Å². The van der Waals surface area contributed by atoms with Crippen molar-refractivity contribution in [2.24, 2.45) is 0 Å². The van der Waals surface area contributed by atoms with E-state index in [-0.39, 0.29) is 0 Å². The van der Waals surface area contributed by atoms with Crippen LogP contribution in [0.1, 0.15) is 12.8 Å². The lowest BCUT2D eigenvalue weighted by atomic mass is 10.1. The van der Waals surface area contributed by atoms with Crippen LogP contribution in [-0.2, 0) is 4.74 Å². The van der Waals surface area contributed by atoms with Gasteiger partial charge in [-0.1, -0.05) is 11.3 Å². The molecule has 0 bridgehead atoms. The average molecular weight is 333 g/mol. The Kier molecular flexibility index (Phi) is 4.37. The molecule has 124 valence electrons. The Morgan fingerprint density at radius 3 is 2.70 bits per heavy atom. The zero-order valence-electron chi connectivity index (χ0n) is 13.5. The summed E-state index contributed by atoms with van der Waals surface area (Å²) in [7, 11) is 1.71.